The van der Waals surface area contributed by atoms with Crippen molar-refractivity contribution in [3.8, 4) is 5.75 Å². The van der Waals surface area contributed by atoms with E-state index in [1.54, 1.807) is 19.3 Å². The van der Waals surface area contributed by atoms with Gasteiger partial charge in [-0.05, 0) is 59.1 Å². The van der Waals surface area contributed by atoms with Gasteiger partial charge in [-0.2, -0.15) is 0 Å². The molecular weight excluding hydrogens is 476 g/mol. The smallest absolute Gasteiger partial charge is 0.310 e. The molecule has 6 nitrogen and oxygen atoms in total. The minimum atomic E-state index is -0.608. The van der Waals surface area contributed by atoms with Crippen LogP contribution in [0.3, 0.4) is 0 Å². The number of carbonyl (C=O) groups is 2. The predicted molar refractivity (Wildman–Crippen MR) is 125 cm³/mol. The van der Waals surface area contributed by atoms with E-state index < -0.39 is 6.10 Å². The van der Waals surface area contributed by atoms with Crippen LogP contribution in [0.15, 0.2) is 57.6 Å². The Balaban J connectivity index is 1.89. The average Bonchev–Trinajstić information content (AvgIpc) is 3.24. The molecule has 3 aromatic rings. The van der Waals surface area contributed by atoms with Crippen molar-refractivity contribution in [3.05, 3.63) is 64.3 Å². The lowest BCUT2D eigenvalue weighted by molar-refractivity contribution is -0.146. The first-order valence-corrected chi connectivity index (χ1v) is 11.5. The Bertz CT molecular complexity index is 1060. The van der Waals surface area contributed by atoms with E-state index in [2.05, 4.69) is 15.9 Å². The van der Waals surface area contributed by atoms with Crippen LogP contribution in [0.2, 0.25) is 0 Å². The molecule has 0 saturated heterocycles. The number of unbranched alkanes of at least 4 members (excludes halogenated alkanes) is 1. The number of furan rings is 1. The monoisotopic (exact) mass is 502 g/mol. The maximum absolute atomic E-state index is 12.5. The molecule has 32 heavy (non-hydrogen) atoms. The molecule has 170 valence electrons. The quantitative estimate of drug-likeness (QED) is 0.231. The summed E-state index contributed by atoms with van der Waals surface area (Å²) in [6.45, 7) is 4.50. The zero-order valence-electron chi connectivity index (χ0n) is 18.3. The summed E-state index contributed by atoms with van der Waals surface area (Å²) in [6, 6.07) is 12.9. The molecule has 0 aliphatic rings. The van der Waals surface area contributed by atoms with Gasteiger partial charge in [0.2, 0.25) is 0 Å². The van der Waals surface area contributed by atoms with Crippen molar-refractivity contribution in [1.29, 1.82) is 0 Å². The van der Waals surface area contributed by atoms with E-state index in [0.29, 0.717) is 24.5 Å². The molecule has 0 radical (unpaired) electrons. The van der Waals surface area contributed by atoms with E-state index in [0.717, 1.165) is 33.8 Å². The highest BCUT2D eigenvalue weighted by Gasteiger charge is 2.23. The summed E-state index contributed by atoms with van der Waals surface area (Å²) in [4.78, 5) is 24.6. The normalized spacial score (nSPS) is 11.8. The molecule has 0 saturated carbocycles. The third-order valence-corrected chi connectivity index (χ3v) is 5.48. The lowest BCUT2D eigenvalue weighted by Crippen LogP contribution is -2.17. The van der Waals surface area contributed by atoms with Crippen molar-refractivity contribution in [3.63, 3.8) is 0 Å². The number of para-hydroxylation sites is 1. The SMILES string of the molecule is CCCCOC(=O)CC(Oc1ccccc1CC(=O)OCC)c1cc(Br)c2occc2c1. The molecule has 0 bridgehead atoms. The highest BCUT2D eigenvalue weighted by Crippen LogP contribution is 2.34. The Kier molecular flexibility index (Phi) is 8.73. The van der Waals surface area contributed by atoms with Gasteiger partial charge in [0.05, 0.1) is 36.8 Å². The van der Waals surface area contributed by atoms with E-state index in [1.807, 2.05) is 43.3 Å². The lowest BCUT2D eigenvalue weighted by Gasteiger charge is -2.21. The van der Waals surface area contributed by atoms with Gasteiger partial charge in [0.25, 0.3) is 0 Å². The number of fused-ring (bicyclic) bond motifs is 1. The van der Waals surface area contributed by atoms with Gasteiger partial charge in [-0.25, -0.2) is 0 Å². The number of benzene rings is 2. The van der Waals surface area contributed by atoms with Crippen LogP contribution in [-0.4, -0.2) is 25.2 Å². The summed E-state index contributed by atoms with van der Waals surface area (Å²) in [5.41, 5.74) is 2.21. The van der Waals surface area contributed by atoms with Gasteiger partial charge in [-0.3, -0.25) is 9.59 Å². The minimum Gasteiger partial charge on any atom is -0.485 e. The molecule has 1 unspecified atom stereocenters. The third kappa shape index (κ3) is 6.36. The molecule has 0 fully saturated rings. The van der Waals surface area contributed by atoms with Crippen LogP contribution in [0.1, 0.15) is 50.3 Å². The standard InChI is InChI=1S/C25H27BrO6/c1-3-5-11-30-24(28)16-22(19-13-18-10-12-31-25(18)20(26)14-19)32-21-9-7-6-8-17(21)15-23(27)29-4-2/h6-10,12-14,22H,3-5,11,15-16H2,1-2H3. The zero-order valence-corrected chi connectivity index (χ0v) is 19.9. The van der Waals surface area contributed by atoms with Crippen molar-refractivity contribution in [1.82, 2.24) is 0 Å². The summed E-state index contributed by atoms with van der Waals surface area (Å²) in [7, 11) is 0. The maximum Gasteiger partial charge on any atom is 0.310 e. The number of rotatable bonds is 11. The number of hydrogen-bond donors (Lipinski definition) is 0. The number of halogens is 1. The molecule has 0 spiro atoms. The van der Waals surface area contributed by atoms with Crippen LogP contribution in [0.4, 0.5) is 0 Å². The number of ether oxygens (including phenoxy) is 3. The minimum absolute atomic E-state index is 0.0350. The molecule has 1 aromatic heterocycles. The van der Waals surface area contributed by atoms with Crippen molar-refractivity contribution >= 4 is 38.8 Å². The van der Waals surface area contributed by atoms with Crippen molar-refractivity contribution in [2.45, 2.75) is 45.6 Å². The number of carbonyl (C=O) groups excluding carboxylic acids is 2. The summed E-state index contributed by atoms with van der Waals surface area (Å²) in [6.07, 6.45) is 2.88. The van der Waals surface area contributed by atoms with E-state index in [9.17, 15) is 9.59 Å². The molecule has 0 amide bonds. The Morgan fingerprint density at radius 3 is 2.66 bits per heavy atom. The van der Waals surface area contributed by atoms with Gasteiger partial charge in [0, 0.05) is 10.9 Å². The van der Waals surface area contributed by atoms with Crippen molar-refractivity contribution in [2.75, 3.05) is 13.2 Å². The molecule has 3 rings (SSSR count). The molecule has 1 atom stereocenters. The van der Waals surface area contributed by atoms with Gasteiger partial charge in [-0.1, -0.05) is 31.5 Å². The summed E-state index contributed by atoms with van der Waals surface area (Å²) in [5.74, 6) is -0.147. The second-order valence-corrected chi connectivity index (χ2v) is 8.17. The Morgan fingerprint density at radius 1 is 1.06 bits per heavy atom. The predicted octanol–water partition coefficient (Wildman–Crippen LogP) is 6.15. The highest BCUT2D eigenvalue weighted by molar-refractivity contribution is 9.10. The highest BCUT2D eigenvalue weighted by atomic mass is 79.9. The van der Waals surface area contributed by atoms with Gasteiger partial charge in [0.1, 0.15) is 17.4 Å². The molecule has 7 heteroatoms. The van der Waals surface area contributed by atoms with Gasteiger partial charge >= 0.3 is 11.9 Å². The third-order valence-electron chi connectivity index (χ3n) is 4.89. The van der Waals surface area contributed by atoms with E-state index in [-0.39, 0.29) is 24.8 Å². The second-order valence-electron chi connectivity index (χ2n) is 7.32. The number of hydrogen-bond acceptors (Lipinski definition) is 6. The summed E-state index contributed by atoms with van der Waals surface area (Å²) >= 11 is 3.54. The van der Waals surface area contributed by atoms with E-state index in [1.165, 1.54) is 0 Å². The van der Waals surface area contributed by atoms with Crippen LogP contribution in [-0.2, 0) is 25.5 Å². The van der Waals surface area contributed by atoms with Crippen LogP contribution in [0.25, 0.3) is 11.0 Å². The average molecular weight is 503 g/mol. The van der Waals surface area contributed by atoms with Crippen LogP contribution in [0.5, 0.6) is 5.75 Å². The van der Waals surface area contributed by atoms with E-state index >= 15 is 0 Å². The number of esters is 2. The maximum atomic E-state index is 12.5. The van der Waals surface area contributed by atoms with Crippen molar-refractivity contribution < 1.29 is 28.2 Å². The van der Waals surface area contributed by atoms with E-state index in [4.69, 9.17) is 18.6 Å². The fourth-order valence-corrected chi connectivity index (χ4v) is 3.89. The second kappa shape index (κ2) is 11.7. The largest absolute Gasteiger partial charge is 0.485 e. The topological polar surface area (TPSA) is 75.0 Å². The molecule has 2 aromatic carbocycles. The fourth-order valence-electron chi connectivity index (χ4n) is 3.30. The first-order chi connectivity index (χ1) is 15.5. The fraction of sp³-hybridized carbons (Fsp3) is 0.360. The Labute approximate surface area is 196 Å². The Morgan fingerprint density at radius 2 is 1.88 bits per heavy atom. The molecule has 1 heterocycles. The first-order valence-electron chi connectivity index (χ1n) is 10.7. The molecular formula is C25H27BrO6. The van der Waals surface area contributed by atoms with Gasteiger partial charge in [0.15, 0.2) is 0 Å². The Hall–Kier alpha value is -2.80. The van der Waals surface area contributed by atoms with Gasteiger partial charge in [-0.15, -0.1) is 0 Å². The van der Waals surface area contributed by atoms with Crippen molar-refractivity contribution in [2.24, 2.45) is 0 Å². The molecule has 0 aliphatic heterocycles. The molecule has 0 aliphatic carbocycles. The van der Waals surface area contributed by atoms with Crippen LogP contribution in [0, 0.1) is 0 Å². The lowest BCUT2D eigenvalue weighted by atomic mass is 10.0. The van der Waals surface area contributed by atoms with Crippen LogP contribution >= 0.6 is 15.9 Å². The zero-order chi connectivity index (χ0) is 22.9. The first kappa shape index (κ1) is 23.9. The summed E-state index contributed by atoms with van der Waals surface area (Å²) in [5, 5.41) is 0.891. The van der Waals surface area contributed by atoms with Crippen LogP contribution < -0.4 is 4.74 Å². The summed E-state index contributed by atoms with van der Waals surface area (Å²) < 4.78 is 23.0. The molecule has 0 N–H and O–H groups in total. The van der Waals surface area contributed by atoms with Gasteiger partial charge < -0.3 is 18.6 Å².